The Balaban J connectivity index is 1.80. The molecule has 3 rings (SSSR count). The summed E-state index contributed by atoms with van der Waals surface area (Å²) >= 11 is 0. The highest BCUT2D eigenvalue weighted by molar-refractivity contribution is 5.42. The minimum Gasteiger partial charge on any atom is -0.314 e. The molecule has 1 aliphatic heterocycles. The van der Waals surface area contributed by atoms with Crippen molar-refractivity contribution < 1.29 is 4.92 Å². The minimum absolute atomic E-state index is 0.245. The first-order chi connectivity index (χ1) is 9.22. The van der Waals surface area contributed by atoms with Crippen molar-refractivity contribution >= 4 is 5.69 Å². The van der Waals surface area contributed by atoms with E-state index < -0.39 is 0 Å². The van der Waals surface area contributed by atoms with Crippen LogP contribution in [-0.4, -0.2) is 36.0 Å². The maximum atomic E-state index is 11.0. The monoisotopic (exact) mass is 261 g/mol. The maximum absolute atomic E-state index is 11.0. The molecule has 1 saturated carbocycles. The van der Waals surface area contributed by atoms with Crippen LogP contribution >= 0.6 is 0 Å². The van der Waals surface area contributed by atoms with Gasteiger partial charge in [-0.15, -0.1) is 0 Å². The van der Waals surface area contributed by atoms with Crippen LogP contribution in [-0.2, 0) is 6.54 Å². The number of nitrogens with one attached hydrogen (secondary N) is 1. The fraction of sp³-hybridized carbons (Fsp3) is 0.571. The minimum atomic E-state index is -0.271. The number of non-ortho nitro benzene ring substituents is 1. The largest absolute Gasteiger partial charge is 0.314 e. The van der Waals surface area contributed by atoms with E-state index in [2.05, 4.69) is 16.3 Å². The second-order valence-corrected chi connectivity index (χ2v) is 5.49. The lowest BCUT2D eigenvalue weighted by Crippen LogP contribution is -2.42. The number of nitro benzene ring substituents is 1. The fourth-order valence-corrected chi connectivity index (χ4v) is 2.68. The van der Waals surface area contributed by atoms with Gasteiger partial charge in [-0.3, -0.25) is 15.0 Å². The van der Waals surface area contributed by atoms with Crippen LogP contribution in [0.4, 0.5) is 5.69 Å². The molecule has 19 heavy (non-hydrogen) atoms. The van der Waals surface area contributed by atoms with Crippen molar-refractivity contribution in [2.24, 2.45) is 0 Å². The Hall–Kier alpha value is -1.46. The van der Waals surface area contributed by atoms with Gasteiger partial charge in [-0.05, 0) is 29.9 Å². The predicted octanol–water partition coefficient (Wildman–Crippen LogP) is 1.88. The van der Waals surface area contributed by atoms with Gasteiger partial charge >= 0.3 is 0 Å². The first-order valence-electron chi connectivity index (χ1n) is 6.94. The zero-order valence-corrected chi connectivity index (χ0v) is 11.0. The fourth-order valence-electron chi connectivity index (χ4n) is 2.68. The van der Waals surface area contributed by atoms with Crippen LogP contribution in [0.3, 0.4) is 0 Å². The summed E-state index contributed by atoms with van der Waals surface area (Å²) in [6.45, 7) is 4.86. The van der Waals surface area contributed by atoms with Crippen molar-refractivity contribution in [3.8, 4) is 0 Å². The van der Waals surface area contributed by atoms with Crippen LogP contribution in [0.2, 0.25) is 0 Å². The van der Waals surface area contributed by atoms with E-state index in [1.165, 1.54) is 12.8 Å². The average molecular weight is 261 g/mol. The molecular formula is C14H19N3O2. The van der Waals surface area contributed by atoms with Gasteiger partial charge in [-0.2, -0.15) is 0 Å². The Kier molecular flexibility index (Phi) is 3.48. The Morgan fingerprint density at radius 1 is 1.26 bits per heavy atom. The molecule has 102 valence electrons. The Bertz CT molecular complexity index is 480. The number of piperazine rings is 1. The molecule has 0 radical (unpaired) electrons. The average Bonchev–Trinajstić information content (AvgIpc) is 3.24. The third kappa shape index (κ3) is 3.11. The van der Waals surface area contributed by atoms with Gasteiger partial charge in [0.05, 0.1) is 4.92 Å². The smallest absolute Gasteiger partial charge is 0.270 e. The lowest BCUT2D eigenvalue weighted by molar-refractivity contribution is -0.385. The second-order valence-electron chi connectivity index (χ2n) is 5.49. The molecule has 1 N–H and O–H groups in total. The topological polar surface area (TPSA) is 58.4 Å². The molecule has 1 saturated heterocycles. The van der Waals surface area contributed by atoms with E-state index in [9.17, 15) is 10.1 Å². The lowest BCUT2D eigenvalue weighted by atomic mass is 10.0. The van der Waals surface area contributed by atoms with Gasteiger partial charge in [-0.25, -0.2) is 0 Å². The van der Waals surface area contributed by atoms with Crippen LogP contribution in [0.15, 0.2) is 18.2 Å². The standard InChI is InChI=1S/C14H19N3O2/c18-17(19)14-8-11(7-13(9-14)12-1-2-12)10-16-5-3-15-4-6-16/h7-9,12,15H,1-6,10H2. The summed E-state index contributed by atoms with van der Waals surface area (Å²) in [5, 5.41) is 14.3. The quantitative estimate of drug-likeness (QED) is 0.664. The summed E-state index contributed by atoms with van der Waals surface area (Å²) in [6, 6.07) is 5.64. The van der Waals surface area contributed by atoms with Gasteiger partial charge in [0.15, 0.2) is 0 Å². The predicted molar refractivity (Wildman–Crippen MR) is 73.2 cm³/mol. The summed E-state index contributed by atoms with van der Waals surface area (Å²) < 4.78 is 0. The van der Waals surface area contributed by atoms with E-state index in [-0.39, 0.29) is 10.6 Å². The first kappa shape index (κ1) is 12.6. The van der Waals surface area contributed by atoms with E-state index in [4.69, 9.17) is 0 Å². The second kappa shape index (κ2) is 5.27. The van der Waals surface area contributed by atoms with Gasteiger partial charge in [0, 0.05) is 44.9 Å². The SMILES string of the molecule is O=[N+]([O-])c1cc(CN2CCNCC2)cc(C2CC2)c1. The Morgan fingerprint density at radius 2 is 2.00 bits per heavy atom. The molecule has 0 bridgehead atoms. The zero-order chi connectivity index (χ0) is 13.2. The molecule has 1 heterocycles. The van der Waals surface area contributed by atoms with Gasteiger partial charge in [0.1, 0.15) is 0 Å². The van der Waals surface area contributed by atoms with E-state index >= 15 is 0 Å². The molecule has 1 aliphatic carbocycles. The van der Waals surface area contributed by atoms with Crippen LogP contribution in [0, 0.1) is 10.1 Å². The zero-order valence-electron chi connectivity index (χ0n) is 11.0. The molecule has 0 spiro atoms. The number of rotatable bonds is 4. The van der Waals surface area contributed by atoms with E-state index in [1.54, 1.807) is 12.1 Å². The molecule has 0 unspecified atom stereocenters. The molecule has 5 nitrogen and oxygen atoms in total. The summed E-state index contributed by atoms with van der Waals surface area (Å²) in [7, 11) is 0. The maximum Gasteiger partial charge on any atom is 0.270 e. The van der Waals surface area contributed by atoms with E-state index in [0.29, 0.717) is 5.92 Å². The van der Waals surface area contributed by atoms with Gasteiger partial charge < -0.3 is 5.32 Å². The molecular weight excluding hydrogens is 242 g/mol. The third-order valence-electron chi connectivity index (χ3n) is 3.88. The highest BCUT2D eigenvalue weighted by Crippen LogP contribution is 2.41. The normalized spacial score (nSPS) is 20.4. The number of hydrogen-bond acceptors (Lipinski definition) is 4. The highest BCUT2D eigenvalue weighted by atomic mass is 16.6. The van der Waals surface area contributed by atoms with E-state index in [0.717, 1.165) is 43.9 Å². The van der Waals surface area contributed by atoms with Crippen molar-refractivity contribution in [1.82, 2.24) is 10.2 Å². The Labute approximate surface area is 112 Å². The van der Waals surface area contributed by atoms with Crippen molar-refractivity contribution in [2.75, 3.05) is 26.2 Å². The number of benzene rings is 1. The van der Waals surface area contributed by atoms with Crippen LogP contribution in [0.5, 0.6) is 0 Å². The van der Waals surface area contributed by atoms with E-state index in [1.807, 2.05) is 0 Å². The molecule has 0 aromatic heterocycles. The molecule has 0 atom stereocenters. The summed E-state index contributed by atoms with van der Waals surface area (Å²) in [5.41, 5.74) is 2.48. The Morgan fingerprint density at radius 3 is 2.63 bits per heavy atom. The molecule has 5 heteroatoms. The van der Waals surface area contributed by atoms with Crippen molar-refractivity contribution in [3.63, 3.8) is 0 Å². The highest BCUT2D eigenvalue weighted by Gasteiger charge is 2.26. The van der Waals surface area contributed by atoms with Crippen molar-refractivity contribution in [2.45, 2.75) is 25.3 Å². The van der Waals surface area contributed by atoms with Gasteiger partial charge in [0.25, 0.3) is 5.69 Å². The van der Waals surface area contributed by atoms with Crippen molar-refractivity contribution in [3.05, 3.63) is 39.4 Å². The molecule has 2 aliphatic rings. The van der Waals surface area contributed by atoms with Gasteiger partial charge in [0.2, 0.25) is 0 Å². The summed E-state index contributed by atoms with van der Waals surface area (Å²) in [4.78, 5) is 13.1. The first-order valence-corrected chi connectivity index (χ1v) is 6.94. The van der Waals surface area contributed by atoms with Gasteiger partial charge in [-0.1, -0.05) is 6.07 Å². The molecule has 1 aromatic rings. The summed E-state index contributed by atoms with van der Waals surface area (Å²) in [6.07, 6.45) is 2.35. The lowest BCUT2D eigenvalue weighted by Gasteiger charge is -2.27. The van der Waals surface area contributed by atoms with Crippen molar-refractivity contribution in [1.29, 1.82) is 0 Å². The number of nitro groups is 1. The number of nitrogens with zero attached hydrogens (tertiary/aromatic N) is 2. The molecule has 0 amide bonds. The molecule has 1 aromatic carbocycles. The van der Waals surface area contributed by atoms with Crippen LogP contribution in [0.25, 0.3) is 0 Å². The van der Waals surface area contributed by atoms with Crippen LogP contribution < -0.4 is 5.32 Å². The third-order valence-corrected chi connectivity index (χ3v) is 3.88. The van der Waals surface area contributed by atoms with Crippen LogP contribution in [0.1, 0.15) is 29.9 Å². The molecule has 2 fully saturated rings. The number of hydrogen-bond donors (Lipinski definition) is 1. The summed E-state index contributed by atoms with van der Waals surface area (Å²) in [5.74, 6) is 0.557.